The normalized spacial score (nSPS) is 11.6. The summed E-state index contributed by atoms with van der Waals surface area (Å²) in [6, 6.07) is 12.3. The highest BCUT2D eigenvalue weighted by Crippen LogP contribution is 2.37. The summed E-state index contributed by atoms with van der Waals surface area (Å²) in [4.78, 5) is 25.5. The molecule has 8 heteroatoms. The lowest BCUT2D eigenvalue weighted by Gasteiger charge is -2.16. The van der Waals surface area contributed by atoms with Crippen molar-refractivity contribution in [1.29, 1.82) is 0 Å². The fraction of sp³-hybridized carbons (Fsp3) is 0.217. The zero-order chi connectivity index (χ0) is 22.5. The zero-order valence-corrected chi connectivity index (χ0v) is 19.5. The lowest BCUT2D eigenvalue weighted by molar-refractivity contribution is -0.122. The summed E-state index contributed by atoms with van der Waals surface area (Å²) in [5.41, 5.74) is 2.58. The minimum absolute atomic E-state index is 0.220. The number of ether oxygens (including phenoxy) is 2. The van der Waals surface area contributed by atoms with Gasteiger partial charge in [0, 0.05) is 21.0 Å². The highest BCUT2D eigenvalue weighted by Gasteiger charge is 2.25. The van der Waals surface area contributed by atoms with E-state index in [0.29, 0.717) is 31.9 Å². The van der Waals surface area contributed by atoms with Crippen LogP contribution >= 0.6 is 34.5 Å². The number of carbonyl (C=O) groups excluding carboxylic acids is 2. The van der Waals surface area contributed by atoms with Gasteiger partial charge in [0.05, 0.1) is 6.61 Å². The first-order chi connectivity index (χ1) is 14.8. The minimum Gasteiger partial charge on any atom is -0.481 e. The molecule has 3 aromatic rings. The second-order valence-corrected chi connectivity index (χ2v) is 8.49. The summed E-state index contributed by atoms with van der Waals surface area (Å²) >= 11 is 13.2. The third kappa shape index (κ3) is 5.58. The van der Waals surface area contributed by atoms with Gasteiger partial charge in [0.25, 0.3) is 5.91 Å². The van der Waals surface area contributed by atoms with E-state index >= 15 is 0 Å². The molecule has 3 rings (SSSR count). The second kappa shape index (κ2) is 10.2. The molecule has 0 saturated carbocycles. The molecule has 1 N–H and O–H groups in total. The molecule has 162 valence electrons. The lowest BCUT2D eigenvalue weighted by atomic mass is 10.0. The third-order valence-corrected chi connectivity index (χ3v) is 5.86. The van der Waals surface area contributed by atoms with Crippen molar-refractivity contribution >= 4 is 51.4 Å². The van der Waals surface area contributed by atoms with E-state index in [1.165, 1.54) is 11.3 Å². The van der Waals surface area contributed by atoms with E-state index in [0.717, 1.165) is 11.1 Å². The van der Waals surface area contributed by atoms with Crippen LogP contribution in [0.2, 0.25) is 10.0 Å². The number of halogens is 2. The SMILES string of the molecule is CCOC(=O)c1c(-c2ccc(Cl)cc2)csc1NC(=O)[C@@H](C)Oc1ccc(Cl)cc1C. The molecule has 1 aromatic heterocycles. The number of esters is 1. The van der Waals surface area contributed by atoms with Crippen molar-refractivity contribution in [3.63, 3.8) is 0 Å². The van der Waals surface area contributed by atoms with Gasteiger partial charge in [-0.15, -0.1) is 11.3 Å². The average Bonchev–Trinajstić information content (AvgIpc) is 3.14. The molecular weight excluding hydrogens is 457 g/mol. The highest BCUT2D eigenvalue weighted by atomic mass is 35.5. The molecule has 5 nitrogen and oxygen atoms in total. The van der Waals surface area contributed by atoms with Crippen LogP contribution in [0.4, 0.5) is 5.00 Å². The Balaban J connectivity index is 1.85. The van der Waals surface area contributed by atoms with Crippen molar-refractivity contribution in [2.45, 2.75) is 26.9 Å². The molecular formula is C23H21Cl2NO4S. The molecule has 31 heavy (non-hydrogen) atoms. The zero-order valence-electron chi connectivity index (χ0n) is 17.2. The van der Waals surface area contributed by atoms with Crippen molar-refractivity contribution in [2.24, 2.45) is 0 Å². The minimum atomic E-state index is -0.795. The van der Waals surface area contributed by atoms with Gasteiger partial charge in [0.1, 0.15) is 16.3 Å². The Labute approximate surface area is 194 Å². The van der Waals surface area contributed by atoms with Gasteiger partial charge in [-0.05, 0) is 62.2 Å². The lowest BCUT2D eigenvalue weighted by Crippen LogP contribution is -2.30. The largest absolute Gasteiger partial charge is 0.481 e. The van der Waals surface area contributed by atoms with E-state index in [4.69, 9.17) is 32.7 Å². The van der Waals surface area contributed by atoms with Crippen LogP contribution in [-0.2, 0) is 9.53 Å². The molecule has 1 atom stereocenters. The molecule has 0 aliphatic heterocycles. The van der Waals surface area contributed by atoms with Gasteiger partial charge < -0.3 is 14.8 Å². The van der Waals surface area contributed by atoms with Gasteiger partial charge in [0.2, 0.25) is 0 Å². The van der Waals surface area contributed by atoms with E-state index in [2.05, 4.69) is 5.32 Å². The van der Waals surface area contributed by atoms with E-state index < -0.39 is 12.1 Å². The monoisotopic (exact) mass is 477 g/mol. The van der Waals surface area contributed by atoms with Crippen LogP contribution in [0, 0.1) is 6.92 Å². The van der Waals surface area contributed by atoms with Crippen LogP contribution in [0.15, 0.2) is 47.8 Å². The van der Waals surface area contributed by atoms with Gasteiger partial charge in [-0.2, -0.15) is 0 Å². The molecule has 0 unspecified atom stereocenters. The Bertz CT molecular complexity index is 1100. The number of hydrogen-bond acceptors (Lipinski definition) is 5. The highest BCUT2D eigenvalue weighted by molar-refractivity contribution is 7.15. The predicted octanol–water partition coefficient (Wildman–Crippen LogP) is 6.61. The summed E-state index contributed by atoms with van der Waals surface area (Å²) in [5, 5.41) is 6.19. The number of rotatable bonds is 7. The molecule has 0 bridgehead atoms. The van der Waals surface area contributed by atoms with E-state index in [1.54, 1.807) is 49.6 Å². The maximum atomic E-state index is 12.8. The maximum Gasteiger partial charge on any atom is 0.341 e. The Kier molecular flexibility index (Phi) is 7.59. The summed E-state index contributed by atoms with van der Waals surface area (Å²) < 4.78 is 11.0. The summed E-state index contributed by atoms with van der Waals surface area (Å²) in [6.45, 7) is 5.44. The van der Waals surface area contributed by atoms with Crippen molar-refractivity contribution < 1.29 is 19.1 Å². The molecule has 1 amide bonds. The van der Waals surface area contributed by atoms with Crippen LogP contribution in [0.5, 0.6) is 5.75 Å². The molecule has 0 saturated heterocycles. The second-order valence-electron chi connectivity index (χ2n) is 6.74. The molecule has 2 aromatic carbocycles. The summed E-state index contributed by atoms with van der Waals surface area (Å²) in [6.07, 6.45) is -0.795. The summed E-state index contributed by atoms with van der Waals surface area (Å²) in [7, 11) is 0. The average molecular weight is 478 g/mol. The van der Waals surface area contributed by atoms with E-state index in [-0.39, 0.29) is 12.5 Å². The fourth-order valence-corrected chi connectivity index (χ4v) is 4.21. The summed E-state index contributed by atoms with van der Waals surface area (Å²) in [5.74, 6) is -0.332. The van der Waals surface area contributed by atoms with Gasteiger partial charge in [-0.3, -0.25) is 4.79 Å². The molecule has 0 aliphatic rings. The van der Waals surface area contributed by atoms with Crippen molar-refractivity contribution in [3.05, 3.63) is 69.0 Å². The number of anilines is 1. The fourth-order valence-electron chi connectivity index (χ4n) is 2.90. The first-order valence-electron chi connectivity index (χ1n) is 9.58. The van der Waals surface area contributed by atoms with Crippen LogP contribution < -0.4 is 10.1 Å². The van der Waals surface area contributed by atoms with Crippen LogP contribution in [0.25, 0.3) is 11.1 Å². The molecule has 0 spiro atoms. The molecule has 0 radical (unpaired) electrons. The van der Waals surface area contributed by atoms with Gasteiger partial charge in [0.15, 0.2) is 6.10 Å². The van der Waals surface area contributed by atoms with E-state index in [9.17, 15) is 9.59 Å². The standard InChI is InChI=1S/C23H21Cl2NO4S/c1-4-29-23(28)20-18(15-5-7-16(24)8-6-15)12-31-22(20)26-21(27)14(3)30-19-10-9-17(25)11-13(19)2/h5-12,14H,4H2,1-3H3,(H,26,27)/t14-/m1/s1. The first-order valence-corrected chi connectivity index (χ1v) is 11.2. The van der Waals surface area contributed by atoms with Gasteiger partial charge in [-0.25, -0.2) is 4.79 Å². The van der Waals surface area contributed by atoms with Crippen molar-refractivity contribution in [2.75, 3.05) is 11.9 Å². The number of thiophene rings is 1. The quantitative estimate of drug-likeness (QED) is 0.388. The topological polar surface area (TPSA) is 64.6 Å². The Morgan fingerprint density at radius 3 is 2.42 bits per heavy atom. The Morgan fingerprint density at radius 2 is 1.77 bits per heavy atom. The number of amides is 1. The van der Waals surface area contributed by atoms with Crippen LogP contribution in [-0.4, -0.2) is 24.6 Å². The number of hydrogen-bond donors (Lipinski definition) is 1. The van der Waals surface area contributed by atoms with Crippen LogP contribution in [0.1, 0.15) is 29.8 Å². The van der Waals surface area contributed by atoms with Crippen molar-refractivity contribution in [3.8, 4) is 16.9 Å². The smallest absolute Gasteiger partial charge is 0.341 e. The molecule has 1 heterocycles. The number of benzene rings is 2. The van der Waals surface area contributed by atoms with E-state index in [1.807, 2.05) is 19.1 Å². The van der Waals surface area contributed by atoms with Gasteiger partial charge in [-0.1, -0.05) is 35.3 Å². The molecule has 0 aliphatic carbocycles. The Morgan fingerprint density at radius 1 is 1.10 bits per heavy atom. The first kappa shape index (κ1) is 23.1. The number of nitrogens with one attached hydrogen (secondary N) is 1. The molecule has 0 fully saturated rings. The number of aryl methyl sites for hydroxylation is 1. The van der Waals surface area contributed by atoms with Crippen molar-refractivity contribution in [1.82, 2.24) is 0 Å². The van der Waals surface area contributed by atoms with Gasteiger partial charge >= 0.3 is 5.97 Å². The number of carbonyl (C=O) groups is 2. The Hall–Kier alpha value is -2.54. The third-order valence-electron chi connectivity index (χ3n) is 4.47. The van der Waals surface area contributed by atoms with Crippen LogP contribution in [0.3, 0.4) is 0 Å². The predicted molar refractivity (Wildman–Crippen MR) is 126 cm³/mol. The maximum absolute atomic E-state index is 12.8.